The SMILES string of the molecule is CC(C1CCCCN1)N1C(=O)CC(C)(C)CC1=O. The van der Waals surface area contributed by atoms with Crippen molar-refractivity contribution in [3.8, 4) is 0 Å². The van der Waals surface area contributed by atoms with Gasteiger partial charge in [-0.05, 0) is 31.7 Å². The monoisotopic (exact) mass is 252 g/mol. The molecular formula is C14H24N2O2. The molecule has 2 atom stereocenters. The van der Waals surface area contributed by atoms with Crippen LogP contribution in [0.2, 0.25) is 0 Å². The summed E-state index contributed by atoms with van der Waals surface area (Å²) < 4.78 is 0. The molecule has 0 bridgehead atoms. The van der Waals surface area contributed by atoms with E-state index < -0.39 is 0 Å². The van der Waals surface area contributed by atoms with Crippen molar-refractivity contribution in [1.29, 1.82) is 0 Å². The van der Waals surface area contributed by atoms with Crippen molar-refractivity contribution >= 4 is 11.8 Å². The quantitative estimate of drug-likeness (QED) is 0.761. The van der Waals surface area contributed by atoms with Crippen molar-refractivity contribution < 1.29 is 9.59 Å². The number of hydrogen-bond acceptors (Lipinski definition) is 3. The van der Waals surface area contributed by atoms with Crippen LogP contribution in [0.25, 0.3) is 0 Å². The molecule has 2 heterocycles. The van der Waals surface area contributed by atoms with Gasteiger partial charge in [-0.1, -0.05) is 20.3 Å². The average molecular weight is 252 g/mol. The first-order valence-corrected chi connectivity index (χ1v) is 6.99. The fraction of sp³-hybridized carbons (Fsp3) is 0.857. The molecule has 2 fully saturated rings. The maximum absolute atomic E-state index is 12.2. The summed E-state index contributed by atoms with van der Waals surface area (Å²) in [6.07, 6.45) is 4.40. The van der Waals surface area contributed by atoms with Gasteiger partial charge in [-0.25, -0.2) is 0 Å². The third-order valence-electron chi connectivity index (χ3n) is 4.13. The maximum Gasteiger partial charge on any atom is 0.230 e. The summed E-state index contributed by atoms with van der Waals surface area (Å²) in [5.41, 5.74) is -0.176. The number of imide groups is 1. The second-order valence-corrected chi connectivity index (χ2v) is 6.47. The van der Waals surface area contributed by atoms with Crippen LogP contribution < -0.4 is 5.32 Å². The first kappa shape index (κ1) is 13.5. The van der Waals surface area contributed by atoms with Gasteiger partial charge in [-0.3, -0.25) is 14.5 Å². The zero-order chi connectivity index (χ0) is 13.3. The molecule has 0 spiro atoms. The van der Waals surface area contributed by atoms with Crippen LogP contribution >= 0.6 is 0 Å². The highest BCUT2D eigenvalue weighted by molar-refractivity contribution is 5.98. The molecule has 2 amide bonds. The summed E-state index contributed by atoms with van der Waals surface area (Å²) in [7, 11) is 0. The largest absolute Gasteiger partial charge is 0.312 e. The lowest BCUT2D eigenvalue weighted by atomic mass is 9.81. The van der Waals surface area contributed by atoms with Crippen molar-refractivity contribution in [3.05, 3.63) is 0 Å². The number of hydrogen-bond donors (Lipinski definition) is 1. The van der Waals surface area contributed by atoms with Gasteiger partial charge in [-0.2, -0.15) is 0 Å². The van der Waals surface area contributed by atoms with Crippen molar-refractivity contribution in [1.82, 2.24) is 10.2 Å². The zero-order valence-electron chi connectivity index (χ0n) is 11.7. The molecule has 0 aromatic carbocycles. The van der Waals surface area contributed by atoms with Crippen molar-refractivity contribution in [2.45, 2.75) is 65.0 Å². The Morgan fingerprint density at radius 3 is 2.33 bits per heavy atom. The van der Waals surface area contributed by atoms with Gasteiger partial charge in [0, 0.05) is 18.9 Å². The lowest BCUT2D eigenvalue weighted by Gasteiger charge is -2.41. The molecule has 0 radical (unpaired) electrons. The highest BCUT2D eigenvalue weighted by Gasteiger charge is 2.41. The topological polar surface area (TPSA) is 49.4 Å². The van der Waals surface area contributed by atoms with E-state index in [4.69, 9.17) is 0 Å². The van der Waals surface area contributed by atoms with E-state index in [1.54, 1.807) is 0 Å². The van der Waals surface area contributed by atoms with Gasteiger partial charge in [0.05, 0.1) is 6.04 Å². The number of carbonyl (C=O) groups is 2. The zero-order valence-corrected chi connectivity index (χ0v) is 11.7. The van der Waals surface area contributed by atoms with Crippen LogP contribution in [0.5, 0.6) is 0 Å². The van der Waals surface area contributed by atoms with Gasteiger partial charge >= 0.3 is 0 Å². The number of likely N-dealkylation sites (tertiary alicyclic amines) is 1. The van der Waals surface area contributed by atoms with Crippen LogP contribution in [0, 0.1) is 5.41 Å². The van der Waals surface area contributed by atoms with Gasteiger partial charge in [0.25, 0.3) is 0 Å². The molecule has 4 heteroatoms. The van der Waals surface area contributed by atoms with Gasteiger partial charge in [0.1, 0.15) is 0 Å². The molecule has 0 aromatic rings. The Kier molecular flexibility index (Phi) is 3.76. The highest BCUT2D eigenvalue weighted by Crippen LogP contribution is 2.33. The van der Waals surface area contributed by atoms with E-state index in [0.717, 1.165) is 13.0 Å². The molecule has 0 aromatic heterocycles. The Bertz CT molecular complexity index is 326. The number of rotatable bonds is 2. The Labute approximate surface area is 109 Å². The highest BCUT2D eigenvalue weighted by atomic mass is 16.2. The van der Waals surface area contributed by atoms with Crippen molar-refractivity contribution in [2.75, 3.05) is 6.54 Å². The molecule has 2 unspecified atom stereocenters. The van der Waals surface area contributed by atoms with Gasteiger partial charge in [-0.15, -0.1) is 0 Å². The van der Waals surface area contributed by atoms with Gasteiger partial charge in [0.2, 0.25) is 11.8 Å². The molecule has 18 heavy (non-hydrogen) atoms. The molecular weight excluding hydrogens is 228 g/mol. The standard InChI is InChI=1S/C14H24N2O2/c1-10(11-6-4-5-7-15-11)16-12(17)8-14(2,3)9-13(16)18/h10-11,15H,4-9H2,1-3H3. The smallest absolute Gasteiger partial charge is 0.230 e. The van der Waals surface area contributed by atoms with Crippen LogP contribution in [0.1, 0.15) is 52.9 Å². The molecule has 2 saturated heterocycles. The first-order valence-electron chi connectivity index (χ1n) is 6.99. The van der Waals surface area contributed by atoms with E-state index >= 15 is 0 Å². The molecule has 4 nitrogen and oxygen atoms in total. The minimum absolute atomic E-state index is 0.00359. The molecule has 1 N–H and O–H groups in total. The van der Waals surface area contributed by atoms with E-state index in [1.165, 1.54) is 17.7 Å². The molecule has 2 rings (SSSR count). The summed E-state index contributed by atoms with van der Waals surface area (Å²) in [5, 5.41) is 3.43. The first-order chi connectivity index (χ1) is 8.41. The Morgan fingerprint density at radius 2 is 1.83 bits per heavy atom. The molecule has 0 aliphatic carbocycles. The van der Waals surface area contributed by atoms with E-state index in [9.17, 15) is 9.59 Å². The fourth-order valence-corrected chi connectivity index (χ4v) is 3.12. The second-order valence-electron chi connectivity index (χ2n) is 6.47. The molecule has 0 saturated carbocycles. The average Bonchev–Trinajstić information content (AvgIpc) is 2.27. The predicted molar refractivity (Wildman–Crippen MR) is 70.0 cm³/mol. The summed E-state index contributed by atoms with van der Waals surface area (Å²) >= 11 is 0. The van der Waals surface area contributed by atoms with E-state index in [1.807, 2.05) is 20.8 Å². The summed E-state index contributed by atoms with van der Waals surface area (Å²) in [5.74, 6) is -0.00718. The minimum atomic E-state index is -0.176. The third kappa shape index (κ3) is 2.74. The van der Waals surface area contributed by atoms with E-state index in [-0.39, 0.29) is 29.3 Å². The normalized spacial score (nSPS) is 30.4. The summed E-state index contributed by atoms with van der Waals surface area (Å²) in [6.45, 7) is 6.97. The van der Waals surface area contributed by atoms with Gasteiger partial charge in [0.15, 0.2) is 0 Å². The van der Waals surface area contributed by atoms with E-state index in [0.29, 0.717) is 12.8 Å². The molecule has 102 valence electrons. The number of nitrogens with one attached hydrogen (secondary N) is 1. The van der Waals surface area contributed by atoms with Crippen LogP contribution in [-0.4, -0.2) is 35.3 Å². The lowest BCUT2D eigenvalue weighted by Crippen LogP contribution is -2.57. The molecule has 2 aliphatic heterocycles. The number of piperidine rings is 2. The molecule has 2 aliphatic rings. The Balaban J connectivity index is 2.07. The van der Waals surface area contributed by atoms with E-state index in [2.05, 4.69) is 5.32 Å². The second kappa shape index (κ2) is 5.00. The Hall–Kier alpha value is -0.900. The van der Waals surface area contributed by atoms with Crippen LogP contribution in [0.4, 0.5) is 0 Å². The van der Waals surface area contributed by atoms with Crippen LogP contribution in [0.15, 0.2) is 0 Å². The number of nitrogens with zero attached hydrogens (tertiary/aromatic N) is 1. The maximum atomic E-state index is 12.2. The predicted octanol–water partition coefficient (Wildman–Crippen LogP) is 1.69. The Morgan fingerprint density at radius 1 is 1.22 bits per heavy atom. The van der Waals surface area contributed by atoms with Crippen molar-refractivity contribution in [2.24, 2.45) is 5.41 Å². The number of carbonyl (C=O) groups excluding carboxylic acids is 2. The van der Waals surface area contributed by atoms with Crippen molar-refractivity contribution in [3.63, 3.8) is 0 Å². The van der Waals surface area contributed by atoms with Crippen LogP contribution in [0.3, 0.4) is 0 Å². The van der Waals surface area contributed by atoms with Crippen LogP contribution in [-0.2, 0) is 9.59 Å². The minimum Gasteiger partial charge on any atom is -0.312 e. The van der Waals surface area contributed by atoms with Gasteiger partial charge < -0.3 is 5.32 Å². The third-order valence-corrected chi connectivity index (χ3v) is 4.13. The fourth-order valence-electron chi connectivity index (χ4n) is 3.12. The summed E-state index contributed by atoms with van der Waals surface area (Å²) in [6, 6.07) is 0.259. The lowest BCUT2D eigenvalue weighted by molar-refractivity contribution is -0.155. The summed E-state index contributed by atoms with van der Waals surface area (Å²) in [4.78, 5) is 25.9. The number of amides is 2.